The molecule has 1 heterocycles. The van der Waals surface area contributed by atoms with E-state index in [9.17, 15) is 9.59 Å². The van der Waals surface area contributed by atoms with Gasteiger partial charge in [0.25, 0.3) is 5.91 Å². The molecule has 1 aromatic carbocycles. The first kappa shape index (κ1) is 20.7. The van der Waals surface area contributed by atoms with E-state index in [4.69, 9.17) is 4.74 Å². The summed E-state index contributed by atoms with van der Waals surface area (Å²) >= 11 is 0. The summed E-state index contributed by atoms with van der Waals surface area (Å²) in [5, 5.41) is 6.19. The molecule has 0 spiro atoms. The second kappa shape index (κ2) is 8.36. The Bertz CT molecular complexity index is 804. The van der Waals surface area contributed by atoms with Crippen molar-refractivity contribution in [3.8, 4) is 5.75 Å². The maximum atomic E-state index is 13.0. The summed E-state index contributed by atoms with van der Waals surface area (Å²) in [5.74, 6) is 3.25. The molecule has 2 amide bonds. The van der Waals surface area contributed by atoms with Crippen molar-refractivity contribution in [1.82, 2.24) is 10.6 Å². The fraction of sp³-hybridized carbons (Fsp3) is 0.680. The molecule has 1 atom stereocenters. The zero-order valence-corrected chi connectivity index (χ0v) is 18.6. The van der Waals surface area contributed by atoms with Crippen molar-refractivity contribution in [2.45, 2.75) is 58.0 Å². The minimum atomic E-state index is -0.600. The van der Waals surface area contributed by atoms with Crippen molar-refractivity contribution in [3.05, 3.63) is 24.3 Å². The highest BCUT2D eigenvalue weighted by molar-refractivity contribution is 5.86. The molecule has 1 aliphatic heterocycles. The van der Waals surface area contributed by atoms with Crippen molar-refractivity contribution in [3.63, 3.8) is 0 Å². The van der Waals surface area contributed by atoms with Crippen LogP contribution in [0.1, 0.15) is 51.9 Å². The van der Waals surface area contributed by atoms with Gasteiger partial charge in [-0.1, -0.05) is 19.1 Å². The summed E-state index contributed by atoms with van der Waals surface area (Å²) in [6.07, 6.45) is 8.40. The van der Waals surface area contributed by atoms with Crippen LogP contribution < -0.4 is 20.3 Å². The summed E-state index contributed by atoms with van der Waals surface area (Å²) in [5.41, 5.74) is 1.21. The van der Waals surface area contributed by atoms with Crippen LogP contribution in [-0.4, -0.2) is 44.1 Å². The van der Waals surface area contributed by atoms with Crippen molar-refractivity contribution >= 4 is 17.5 Å². The maximum Gasteiger partial charge on any atom is 0.262 e. The van der Waals surface area contributed by atoms with Crippen LogP contribution in [0.5, 0.6) is 5.75 Å². The van der Waals surface area contributed by atoms with Gasteiger partial charge < -0.3 is 20.3 Å². The van der Waals surface area contributed by atoms with E-state index in [1.54, 1.807) is 0 Å². The van der Waals surface area contributed by atoms with Crippen LogP contribution in [0.2, 0.25) is 0 Å². The number of carbonyl (C=O) groups is 2. The van der Waals surface area contributed by atoms with Gasteiger partial charge in [-0.05, 0) is 80.2 Å². The molecule has 4 fully saturated rings. The number of benzene rings is 1. The molecule has 4 saturated carbocycles. The molecule has 5 aliphatic rings. The second-order valence-electron chi connectivity index (χ2n) is 10.4. The van der Waals surface area contributed by atoms with Gasteiger partial charge in [-0.15, -0.1) is 0 Å². The average Bonchev–Trinajstić information content (AvgIpc) is 2.75. The van der Waals surface area contributed by atoms with Crippen LogP contribution in [-0.2, 0) is 9.59 Å². The summed E-state index contributed by atoms with van der Waals surface area (Å²) in [7, 11) is 0. The lowest BCUT2D eigenvalue weighted by Gasteiger charge is -2.57. The first-order valence-electron chi connectivity index (χ1n) is 12.1. The van der Waals surface area contributed by atoms with E-state index in [2.05, 4.69) is 10.6 Å². The second-order valence-corrected chi connectivity index (χ2v) is 10.4. The Labute approximate surface area is 185 Å². The number of nitrogens with one attached hydrogen (secondary N) is 2. The molecule has 6 nitrogen and oxygen atoms in total. The number of hydrogen-bond donors (Lipinski definition) is 2. The van der Waals surface area contributed by atoms with Crippen molar-refractivity contribution in [2.75, 3.05) is 31.1 Å². The topological polar surface area (TPSA) is 70.7 Å². The monoisotopic (exact) mass is 425 g/mol. The highest BCUT2D eigenvalue weighted by Gasteiger charge is 2.50. The molecular formula is C25H35N3O3. The third kappa shape index (κ3) is 4.26. The Morgan fingerprint density at radius 3 is 2.42 bits per heavy atom. The fourth-order valence-electron chi connectivity index (χ4n) is 6.98. The number of fused-ring (bicyclic) bond motifs is 1. The van der Waals surface area contributed by atoms with E-state index in [1.807, 2.05) is 36.1 Å². The number of nitrogens with zero attached hydrogens (tertiary/aromatic N) is 1. The van der Waals surface area contributed by atoms with Gasteiger partial charge in [0.1, 0.15) is 5.75 Å². The average molecular weight is 426 g/mol. The third-order valence-electron chi connectivity index (χ3n) is 7.86. The molecule has 4 aliphatic carbocycles. The van der Waals surface area contributed by atoms with Gasteiger partial charge in [0.15, 0.2) is 6.10 Å². The molecule has 0 radical (unpaired) electrons. The molecule has 1 aromatic rings. The van der Waals surface area contributed by atoms with E-state index in [0.717, 1.165) is 36.4 Å². The summed E-state index contributed by atoms with van der Waals surface area (Å²) in [6.45, 7) is 4.10. The van der Waals surface area contributed by atoms with E-state index in [1.165, 1.54) is 38.5 Å². The van der Waals surface area contributed by atoms with Gasteiger partial charge in [-0.3, -0.25) is 9.59 Å². The summed E-state index contributed by atoms with van der Waals surface area (Å²) in [4.78, 5) is 27.5. The minimum Gasteiger partial charge on any atom is -0.477 e. The van der Waals surface area contributed by atoms with Gasteiger partial charge in [-0.2, -0.15) is 0 Å². The quantitative estimate of drug-likeness (QED) is 0.704. The minimum absolute atomic E-state index is 0.0418. The number of rotatable bonds is 7. The highest BCUT2D eigenvalue weighted by Crippen LogP contribution is 2.59. The lowest BCUT2D eigenvalue weighted by molar-refractivity contribution is -0.128. The molecule has 2 N–H and O–H groups in total. The lowest BCUT2D eigenvalue weighted by atomic mass is 9.49. The molecule has 31 heavy (non-hydrogen) atoms. The van der Waals surface area contributed by atoms with Gasteiger partial charge in [0.05, 0.1) is 18.8 Å². The van der Waals surface area contributed by atoms with Gasteiger partial charge >= 0.3 is 0 Å². The molecule has 0 aromatic heterocycles. The largest absolute Gasteiger partial charge is 0.477 e. The van der Waals surface area contributed by atoms with Gasteiger partial charge in [-0.25, -0.2) is 0 Å². The predicted molar refractivity (Wildman–Crippen MR) is 120 cm³/mol. The molecule has 6 heteroatoms. The summed E-state index contributed by atoms with van der Waals surface area (Å²) in [6, 6.07) is 7.67. The number of para-hydroxylation sites is 2. The smallest absolute Gasteiger partial charge is 0.262 e. The lowest BCUT2D eigenvalue weighted by Crippen LogP contribution is -2.53. The first-order chi connectivity index (χ1) is 15.0. The molecular weight excluding hydrogens is 390 g/mol. The number of anilines is 1. The molecule has 0 unspecified atom stereocenters. The van der Waals surface area contributed by atoms with Crippen molar-refractivity contribution in [1.29, 1.82) is 0 Å². The normalized spacial score (nSPS) is 32.9. The van der Waals surface area contributed by atoms with Crippen LogP contribution in [0.4, 0.5) is 5.69 Å². The SMILES string of the molecule is CCCNC(=O)[C@@H]1CN(CC(=O)NCC23CC4CC(CC(C4)C2)C3)c2ccccc2O1. The first-order valence-corrected chi connectivity index (χ1v) is 12.1. The standard InChI is InChI=1S/C25H35N3O3/c1-2-7-26-24(30)22-14-28(20-5-3-4-6-21(20)31-22)15-23(29)27-16-25-11-17-8-18(12-25)10-19(9-17)13-25/h3-6,17-19,22H,2,7-16H2,1H3,(H,26,30)(H,27,29)/t17?,18?,19?,22-,25?/m0/s1. The van der Waals surface area contributed by atoms with Crippen LogP contribution >= 0.6 is 0 Å². The van der Waals surface area contributed by atoms with Crippen LogP contribution in [0.3, 0.4) is 0 Å². The number of carbonyl (C=O) groups excluding carboxylic acids is 2. The molecule has 6 rings (SSSR count). The molecule has 168 valence electrons. The van der Waals surface area contributed by atoms with Crippen molar-refractivity contribution < 1.29 is 14.3 Å². The van der Waals surface area contributed by atoms with Crippen molar-refractivity contribution in [2.24, 2.45) is 23.2 Å². The summed E-state index contributed by atoms with van der Waals surface area (Å²) < 4.78 is 5.94. The fourth-order valence-corrected chi connectivity index (χ4v) is 6.98. The maximum absolute atomic E-state index is 13.0. The van der Waals surface area contributed by atoms with Crippen LogP contribution in [0.25, 0.3) is 0 Å². The third-order valence-corrected chi connectivity index (χ3v) is 7.86. The number of ether oxygens (including phenoxy) is 1. The van der Waals surface area contributed by atoms with Crippen LogP contribution in [0, 0.1) is 23.2 Å². The highest BCUT2D eigenvalue weighted by atomic mass is 16.5. The molecule has 0 saturated heterocycles. The van der Waals surface area contributed by atoms with Gasteiger partial charge in [0.2, 0.25) is 5.91 Å². The Hall–Kier alpha value is -2.24. The van der Waals surface area contributed by atoms with E-state index < -0.39 is 6.10 Å². The Kier molecular flexibility index (Phi) is 5.57. The van der Waals surface area contributed by atoms with E-state index in [-0.39, 0.29) is 18.4 Å². The number of amides is 2. The Balaban J connectivity index is 1.22. The number of hydrogen-bond acceptors (Lipinski definition) is 4. The predicted octanol–water partition coefficient (Wildman–Crippen LogP) is 3.11. The zero-order chi connectivity index (χ0) is 21.4. The van der Waals surface area contributed by atoms with E-state index in [0.29, 0.717) is 24.3 Å². The zero-order valence-electron chi connectivity index (χ0n) is 18.6. The Morgan fingerprint density at radius 1 is 1.06 bits per heavy atom. The molecule has 4 bridgehead atoms. The van der Waals surface area contributed by atoms with Crippen LogP contribution in [0.15, 0.2) is 24.3 Å². The van der Waals surface area contributed by atoms with Gasteiger partial charge in [0, 0.05) is 13.1 Å². The Morgan fingerprint density at radius 2 is 1.74 bits per heavy atom. The van der Waals surface area contributed by atoms with E-state index >= 15 is 0 Å².